The van der Waals surface area contributed by atoms with Gasteiger partial charge in [-0.25, -0.2) is 9.97 Å². The van der Waals surface area contributed by atoms with Gasteiger partial charge in [-0.2, -0.15) is 0 Å². The van der Waals surface area contributed by atoms with Crippen molar-refractivity contribution >= 4 is 21.5 Å². The first-order valence-electron chi connectivity index (χ1n) is 7.70. The Bertz CT molecular complexity index is 597. The van der Waals surface area contributed by atoms with Crippen LogP contribution in [0, 0.1) is 5.92 Å². The Morgan fingerprint density at radius 1 is 1.22 bits per heavy atom. The number of ether oxygens (including phenoxy) is 1. The van der Waals surface area contributed by atoms with E-state index in [4.69, 9.17) is 4.74 Å². The number of hydrogen-bond donors (Lipinski definition) is 2. The summed E-state index contributed by atoms with van der Waals surface area (Å²) in [6.07, 6.45) is 8.17. The molecule has 0 radical (unpaired) electrons. The Kier molecular flexibility index (Phi) is 5.42. The molecule has 7 heteroatoms. The van der Waals surface area contributed by atoms with Crippen LogP contribution >= 0.6 is 15.9 Å². The highest BCUT2D eigenvalue weighted by Crippen LogP contribution is 2.28. The molecule has 0 amide bonds. The molecule has 2 aliphatic heterocycles. The van der Waals surface area contributed by atoms with Gasteiger partial charge >= 0.3 is 0 Å². The van der Waals surface area contributed by atoms with Crippen molar-refractivity contribution in [3.05, 3.63) is 40.7 Å². The molecule has 6 nitrogen and oxygen atoms in total. The van der Waals surface area contributed by atoms with Crippen molar-refractivity contribution in [3.63, 3.8) is 0 Å². The number of aliphatic hydroxyl groups is 2. The van der Waals surface area contributed by atoms with E-state index in [1.54, 1.807) is 12.4 Å². The van der Waals surface area contributed by atoms with Crippen LogP contribution in [0.4, 0.5) is 0 Å². The maximum absolute atomic E-state index is 10.4. The summed E-state index contributed by atoms with van der Waals surface area (Å²) in [7, 11) is 0. The van der Waals surface area contributed by atoms with Crippen molar-refractivity contribution in [3.8, 4) is 0 Å². The SMILES string of the molecule is OCC1=CN(CC2CCOCC2)C=C(c2ncc(Br)cn2)C1O. The fourth-order valence-electron chi connectivity index (χ4n) is 2.87. The van der Waals surface area contributed by atoms with Crippen molar-refractivity contribution in [1.82, 2.24) is 14.9 Å². The fraction of sp³-hybridized carbons (Fsp3) is 0.500. The number of rotatable bonds is 4. The van der Waals surface area contributed by atoms with Gasteiger partial charge in [0.05, 0.1) is 11.1 Å². The zero-order chi connectivity index (χ0) is 16.2. The van der Waals surface area contributed by atoms with Crippen molar-refractivity contribution in [2.24, 2.45) is 5.92 Å². The summed E-state index contributed by atoms with van der Waals surface area (Å²) in [6.45, 7) is 2.23. The van der Waals surface area contributed by atoms with E-state index in [1.165, 1.54) is 0 Å². The van der Waals surface area contributed by atoms with Crippen molar-refractivity contribution in [1.29, 1.82) is 0 Å². The Labute approximate surface area is 143 Å². The molecule has 3 rings (SSSR count). The number of aromatic nitrogens is 2. The Morgan fingerprint density at radius 2 is 1.91 bits per heavy atom. The predicted octanol–water partition coefficient (Wildman–Crippen LogP) is 1.56. The maximum atomic E-state index is 10.4. The van der Waals surface area contributed by atoms with Gasteiger partial charge in [0.25, 0.3) is 0 Å². The van der Waals surface area contributed by atoms with Gasteiger partial charge in [0, 0.05) is 55.7 Å². The molecule has 1 unspecified atom stereocenters. The van der Waals surface area contributed by atoms with E-state index in [9.17, 15) is 10.2 Å². The lowest BCUT2D eigenvalue weighted by atomic mass is 9.96. The summed E-state index contributed by atoms with van der Waals surface area (Å²) in [4.78, 5) is 10.5. The molecule has 3 heterocycles. The smallest absolute Gasteiger partial charge is 0.159 e. The molecule has 0 saturated carbocycles. The highest BCUT2D eigenvalue weighted by molar-refractivity contribution is 9.10. The largest absolute Gasteiger partial charge is 0.392 e. The third-order valence-corrected chi connectivity index (χ3v) is 4.56. The van der Waals surface area contributed by atoms with Gasteiger partial charge in [0.15, 0.2) is 5.82 Å². The first kappa shape index (κ1) is 16.6. The highest BCUT2D eigenvalue weighted by atomic mass is 79.9. The minimum Gasteiger partial charge on any atom is -0.392 e. The van der Waals surface area contributed by atoms with Crippen molar-refractivity contribution in [2.75, 3.05) is 26.4 Å². The minimum atomic E-state index is -0.882. The molecule has 0 spiro atoms. The van der Waals surface area contributed by atoms with Gasteiger partial charge in [0.1, 0.15) is 6.10 Å². The third-order valence-electron chi connectivity index (χ3n) is 4.15. The van der Waals surface area contributed by atoms with Crippen molar-refractivity contribution in [2.45, 2.75) is 18.9 Å². The molecule has 2 N–H and O–H groups in total. The molecule has 23 heavy (non-hydrogen) atoms. The topological polar surface area (TPSA) is 78.7 Å². The fourth-order valence-corrected chi connectivity index (χ4v) is 3.08. The van der Waals surface area contributed by atoms with Crippen LogP contribution in [0.3, 0.4) is 0 Å². The van der Waals surface area contributed by atoms with Gasteiger partial charge in [-0.05, 0) is 34.7 Å². The molecular weight excluding hydrogens is 362 g/mol. The van der Waals surface area contributed by atoms with Crippen LogP contribution in [0.25, 0.3) is 5.57 Å². The van der Waals surface area contributed by atoms with Gasteiger partial charge in [-0.3, -0.25) is 0 Å². The molecule has 0 bridgehead atoms. The molecule has 0 aromatic carbocycles. The van der Waals surface area contributed by atoms with Crippen LogP contribution in [-0.4, -0.2) is 57.6 Å². The number of hydrogen-bond acceptors (Lipinski definition) is 6. The Morgan fingerprint density at radius 3 is 2.57 bits per heavy atom. The number of halogens is 1. The van der Waals surface area contributed by atoms with E-state index in [2.05, 4.69) is 25.9 Å². The summed E-state index contributed by atoms with van der Waals surface area (Å²) in [5.41, 5.74) is 1.16. The normalized spacial score (nSPS) is 22.7. The second-order valence-electron chi connectivity index (χ2n) is 5.83. The predicted molar refractivity (Wildman–Crippen MR) is 89.1 cm³/mol. The Hall–Kier alpha value is -1.28. The molecule has 2 aliphatic rings. The summed E-state index contributed by atoms with van der Waals surface area (Å²) >= 11 is 3.31. The highest BCUT2D eigenvalue weighted by Gasteiger charge is 2.26. The van der Waals surface area contributed by atoms with E-state index in [0.29, 0.717) is 22.9 Å². The first-order valence-corrected chi connectivity index (χ1v) is 8.49. The maximum Gasteiger partial charge on any atom is 0.159 e. The van der Waals surface area contributed by atoms with Gasteiger partial charge in [0.2, 0.25) is 0 Å². The van der Waals surface area contributed by atoms with E-state index in [1.807, 2.05) is 17.3 Å². The standard InChI is InChI=1S/C16H20BrN3O3/c17-13-5-18-16(19-6-13)14-9-20(8-12(10-21)15(14)22)7-11-1-3-23-4-2-11/h5-6,8-9,11,15,21-22H,1-4,7,10H2. The summed E-state index contributed by atoms with van der Waals surface area (Å²) in [5, 5.41) is 20.0. The molecule has 0 aliphatic carbocycles. The first-order chi connectivity index (χ1) is 11.2. The second kappa shape index (κ2) is 7.53. The van der Waals surface area contributed by atoms with Crippen LogP contribution < -0.4 is 0 Å². The number of aliphatic hydroxyl groups excluding tert-OH is 2. The number of nitrogens with zero attached hydrogens (tertiary/aromatic N) is 3. The molecule has 124 valence electrons. The average Bonchev–Trinajstić information content (AvgIpc) is 2.58. The van der Waals surface area contributed by atoms with Crippen LogP contribution in [0.15, 0.2) is 34.8 Å². The van der Waals surface area contributed by atoms with Crippen LogP contribution in [-0.2, 0) is 4.74 Å². The van der Waals surface area contributed by atoms with Crippen LogP contribution in [0.2, 0.25) is 0 Å². The second-order valence-corrected chi connectivity index (χ2v) is 6.74. The summed E-state index contributed by atoms with van der Waals surface area (Å²) in [6, 6.07) is 0. The average molecular weight is 382 g/mol. The molecule has 1 aromatic heterocycles. The van der Waals surface area contributed by atoms with E-state index in [-0.39, 0.29) is 6.61 Å². The summed E-state index contributed by atoms with van der Waals surface area (Å²) < 4.78 is 6.18. The summed E-state index contributed by atoms with van der Waals surface area (Å²) in [5.74, 6) is 1.01. The van der Waals surface area contributed by atoms with Crippen molar-refractivity contribution < 1.29 is 14.9 Å². The van der Waals surface area contributed by atoms with Crippen LogP contribution in [0.1, 0.15) is 18.7 Å². The zero-order valence-electron chi connectivity index (χ0n) is 12.7. The molecule has 1 saturated heterocycles. The molecule has 1 fully saturated rings. The van der Waals surface area contributed by atoms with E-state index >= 15 is 0 Å². The van der Waals surface area contributed by atoms with Gasteiger partial charge in [-0.1, -0.05) is 0 Å². The third kappa shape index (κ3) is 3.98. The lowest BCUT2D eigenvalue weighted by Gasteiger charge is -2.32. The zero-order valence-corrected chi connectivity index (χ0v) is 14.3. The molecular formula is C16H20BrN3O3. The van der Waals surface area contributed by atoms with Crippen LogP contribution in [0.5, 0.6) is 0 Å². The quantitative estimate of drug-likeness (QED) is 0.823. The lowest BCUT2D eigenvalue weighted by molar-refractivity contribution is 0.0607. The van der Waals surface area contributed by atoms with Gasteiger partial charge < -0.3 is 19.8 Å². The monoisotopic (exact) mass is 381 g/mol. The minimum absolute atomic E-state index is 0.195. The van der Waals surface area contributed by atoms with E-state index < -0.39 is 6.10 Å². The van der Waals surface area contributed by atoms with E-state index in [0.717, 1.165) is 37.1 Å². The van der Waals surface area contributed by atoms with Gasteiger partial charge in [-0.15, -0.1) is 0 Å². The molecule has 1 atom stereocenters. The lowest BCUT2D eigenvalue weighted by Crippen LogP contribution is -2.31. The Balaban J connectivity index is 1.82. The molecule has 1 aromatic rings.